The fraction of sp³-hybridized carbons (Fsp3) is 0.263. The molecule has 0 aliphatic heterocycles. The van der Waals surface area contributed by atoms with Crippen LogP contribution in [0, 0.1) is 0 Å². The maximum atomic E-state index is 12.1. The summed E-state index contributed by atoms with van der Waals surface area (Å²) in [6.45, 7) is 4.01. The van der Waals surface area contributed by atoms with Gasteiger partial charge in [0.25, 0.3) is 5.91 Å². The highest BCUT2D eigenvalue weighted by molar-refractivity contribution is 6.00. The van der Waals surface area contributed by atoms with Crippen molar-refractivity contribution in [2.45, 2.75) is 20.3 Å². The Balaban J connectivity index is 2.04. The van der Waals surface area contributed by atoms with Gasteiger partial charge in [0, 0.05) is 25.3 Å². The molecule has 0 aliphatic carbocycles. The third-order valence-corrected chi connectivity index (χ3v) is 3.75. The van der Waals surface area contributed by atoms with Crippen LogP contribution in [-0.2, 0) is 6.42 Å². The third kappa shape index (κ3) is 4.42. The lowest BCUT2D eigenvalue weighted by Gasteiger charge is -2.12. The van der Waals surface area contributed by atoms with E-state index in [-0.39, 0.29) is 5.91 Å². The van der Waals surface area contributed by atoms with E-state index in [9.17, 15) is 4.79 Å². The average Bonchev–Trinajstić information content (AvgIpc) is 2.59. The van der Waals surface area contributed by atoms with E-state index in [1.165, 1.54) is 5.56 Å². The van der Waals surface area contributed by atoms with E-state index in [0.29, 0.717) is 5.56 Å². The first-order valence-corrected chi connectivity index (χ1v) is 7.72. The van der Waals surface area contributed by atoms with Gasteiger partial charge in [0.1, 0.15) is 0 Å². The van der Waals surface area contributed by atoms with E-state index in [4.69, 9.17) is 0 Å². The van der Waals surface area contributed by atoms with Crippen LogP contribution in [0.5, 0.6) is 0 Å². The van der Waals surface area contributed by atoms with Gasteiger partial charge in [-0.25, -0.2) is 5.43 Å². The first-order valence-electron chi connectivity index (χ1n) is 7.72. The van der Waals surface area contributed by atoms with Crippen molar-refractivity contribution in [2.75, 3.05) is 19.0 Å². The van der Waals surface area contributed by atoms with Crippen LogP contribution in [0.1, 0.15) is 35.3 Å². The standard InChI is InChI=1S/C19H23N3O/c1-5-15-6-8-16(9-7-15)14(2)20-21-19(23)17-10-12-18(13-11-17)22(3)4/h6-13H,5H2,1-4H3,(H,21,23)/b20-14+. The number of carbonyl (C=O) groups excluding carboxylic acids is 1. The zero-order valence-electron chi connectivity index (χ0n) is 14.1. The number of hydrazone groups is 1. The number of nitrogens with one attached hydrogen (secondary N) is 1. The molecule has 0 unspecified atom stereocenters. The molecule has 0 saturated carbocycles. The molecule has 1 amide bonds. The first kappa shape index (κ1) is 16.7. The largest absolute Gasteiger partial charge is 0.378 e. The summed E-state index contributed by atoms with van der Waals surface area (Å²) in [6, 6.07) is 15.6. The van der Waals surface area contributed by atoms with Crippen molar-refractivity contribution in [2.24, 2.45) is 5.10 Å². The molecule has 120 valence electrons. The lowest BCUT2D eigenvalue weighted by Crippen LogP contribution is -2.19. The second-order valence-electron chi connectivity index (χ2n) is 5.63. The molecule has 0 aliphatic rings. The van der Waals surface area contributed by atoms with Gasteiger partial charge >= 0.3 is 0 Å². The van der Waals surface area contributed by atoms with Gasteiger partial charge in [-0.05, 0) is 48.7 Å². The van der Waals surface area contributed by atoms with Crippen molar-refractivity contribution in [3.63, 3.8) is 0 Å². The predicted molar refractivity (Wildman–Crippen MR) is 96.3 cm³/mol. The van der Waals surface area contributed by atoms with Gasteiger partial charge in [0.2, 0.25) is 0 Å². The topological polar surface area (TPSA) is 44.7 Å². The monoisotopic (exact) mass is 309 g/mol. The maximum absolute atomic E-state index is 12.1. The molecule has 0 saturated heterocycles. The molecule has 23 heavy (non-hydrogen) atoms. The summed E-state index contributed by atoms with van der Waals surface area (Å²) in [6.07, 6.45) is 1.01. The van der Waals surface area contributed by atoms with E-state index >= 15 is 0 Å². The van der Waals surface area contributed by atoms with E-state index in [0.717, 1.165) is 23.4 Å². The van der Waals surface area contributed by atoms with Gasteiger partial charge < -0.3 is 4.90 Å². The molecule has 2 aromatic carbocycles. The Labute approximate surface area is 137 Å². The summed E-state index contributed by atoms with van der Waals surface area (Å²) in [5.41, 5.74) is 7.33. The van der Waals surface area contributed by atoms with Crippen molar-refractivity contribution in [1.82, 2.24) is 5.43 Å². The first-order chi connectivity index (χ1) is 11.0. The Kier molecular flexibility index (Phi) is 5.52. The quantitative estimate of drug-likeness (QED) is 0.679. The van der Waals surface area contributed by atoms with E-state index in [1.54, 1.807) is 12.1 Å². The molecule has 0 heterocycles. The Hall–Kier alpha value is -2.62. The summed E-state index contributed by atoms with van der Waals surface area (Å²) in [7, 11) is 3.93. The number of anilines is 1. The lowest BCUT2D eigenvalue weighted by atomic mass is 10.1. The van der Waals surface area contributed by atoms with Gasteiger partial charge in [-0.1, -0.05) is 31.2 Å². The number of aryl methyl sites for hydroxylation is 1. The SMILES string of the molecule is CCc1ccc(/C(C)=N/NC(=O)c2ccc(N(C)C)cc2)cc1. The molecule has 0 spiro atoms. The second kappa shape index (κ2) is 7.58. The normalized spacial score (nSPS) is 11.2. The number of hydrogen-bond acceptors (Lipinski definition) is 3. The predicted octanol–water partition coefficient (Wildman–Crippen LogP) is 3.47. The zero-order valence-corrected chi connectivity index (χ0v) is 14.1. The number of benzene rings is 2. The molecular weight excluding hydrogens is 286 g/mol. The minimum atomic E-state index is -0.208. The Morgan fingerprint density at radius 3 is 2.09 bits per heavy atom. The molecule has 4 nitrogen and oxygen atoms in total. The molecule has 0 atom stereocenters. The van der Waals surface area contributed by atoms with Gasteiger partial charge in [-0.15, -0.1) is 0 Å². The summed E-state index contributed by atoms with van der Waals surface area (Å²) in [4.78, 5) is 14.1. The highest BCUT2D eigenvalue weighted by atomic mass is 16.2. The van der Waals surface area contributed by atoms with Gasteiger partial charge in [0.15, 0.2) is 0 Å². The van der Waals surface area contributed by atoms with Gasteiger partial charge in [-0.2, -0.15) is 5.10 Å². The van der Waals surface area contributed by atoms with Crippen LogP contribution < -0.4 is 10.3 Å². The number of nitrogens with zero attached hydrogens (tertiary/aromatic N) is 2. The van der Waals surface area contributed by atoms with E-state index in [2.05, 4.69) is 29.6 Å². The van der Waals surface area contributed by atoms with E-state index < -0.39 is 0 Å². The van der Waals surface area contributed by atoms with Crippen LogP contribution in [0.25, 0.3) is 0 Å². The van der Waals surface area contributed by atoms with Crippen molar-refractivity contribution < 1.29 is 4.79 Å². The van der Waals surface area contributed by atoms with Crippen molar-refractivity contribution in [1.29, 1.82) is 0 Å². The smallest absolute Gasteiger partial charge is 0.271 e. The molecule has 2 rings (SSSR count). The summed E-state index contributed by atoms with van der Waals surface area (Å²) >= 11 is 0. The lowest BCUT2D eigenvalue weighted by molar-refractivity contribution is 0.0955. The maximum Gasteiger partial charge on any atom is 0.271 e. The molecule has 0 aromatic heterocycles. The Morgan fingerprint density at radius 2 is 1.57 bits per heavy atom. The van der Waals surface area contributed by atoms with Gasteiger partial charge in [0.05, 0.1) is 5.71 Å². The number of amides is 1. The molecule has 1 N–H and O–H groups in total. The summed E-state index contributed by atoms with van der Waals surface area (Å²) < 4.78 is 0. The molecule has 4 heteroatoms. The van der Waals surface area contributed by atoms with Crippen LogP contribution in [0.3, 0.4) is 0 Å². The molecule has 2 aromatic rings. The molecule has 0 bridgehead atoms. The van der Waals surface area contributed by atoms with Crippen molar-refractivity contribution in [3.8, 4) is 0 Å². The molecule has 0 radical (unpaired) electrons. The minimum absolute atomic E-state index is 0.208. The summed E-state index contributed by atoms with van der Waals surface area (Å²) in [5, 5.41) is 4.19. The highest BCUT2D eigenvalue weighted by Gasteiger charge is 2.05. The summed E-state index contributed by atoms with van der Waals surface area (Å²) in [5.74, 6) is -0.208. The van der Waals surface area contributed by atoms with Crippen LogP contribution in [-0.4, -0.2) is 25.7 Å². The van der Waals surface area contributed by atoms with Gasteiger partial charge in [-0.3, -0.25) is 4.79 Å². The van der Waals surface area contributed by atoms with Crippen LogP contribution in [0.4, 0.5) is 5.69 Å². The van der Waals surface area contributed by atoms with Crippen LogP contribution in [0.15, 0.2) is 53.6 Å². The zero-order chi connectivity index (χ0) is 16.8. The second-order valence-corrected chi connectivity index (χ2v) is 5.63. The Morgan fingerprint density at radius 1 is 1.00 bits per heavy atom. The number of hydrogen-bond donors (Lipinski definition) is 1. The van der Waals surface area contributed by atoms with Crippen molar-refractivity contribution >= 4 is 17.3 Å². The highest BCUT2D eigenvalue weighted by Crippen LogP contribution is 2.12. The Bertz CT molecular complexity index is 686. The molecular formula is C19H23N3O. The third-order valence-electron chi connectivity index (χ3n) is 3.75. The average molecular weight is 309 g/mol. The minimum Gasteiger partial charge on any atom is -0.378 e. The number of rotatable bonds is 5. The fourth-order valence-corrected chi connectivity index (χ4v) is 2.16. The van der Waals surface area contributed by atoms with Crippen molar-refractivity contribution in [3.05, 3.63) is 65.2 Å². The van der Waals surface area contributed by atoms with Crippen LogP contribution >= 0.6 is 0 Å². The van der Waals surface area contributed by atoms with Crippen LogP contribution in [0.2, 0.25) is 0 Å². The van der Waals surface area contributed by atoms with E-state index in [1.807, 2.05) is 50.2 Å². The number of carbonyl (C=O) groups is 1. The molecule has 0 fully saturated rings. The fourth-order valence-electron chi connectivity index (χ4n) is 2.16.